The maximum atomic E-state index is 12.9. The lowest BCUT2D eigenvalue weighted by molar-refractivity contribution is -0.140. The van der Waals surface area contributed by atoms with Crippen LogP contribution in [-0.2, 0) is 20.9 Å². The summed E-state index contributed by atoms with van der Waals surface area (Å²) < 4.78 is 16.3. The number of carbonyl (C=O) groups is 2. The summed E-state index contributed by atoms with van der Waals surface area (Å²) >= 11 is 0. The largest absolute Gasteiger partial charge is 0.489 e. The Kier molecular flexibility index (Phi) is 8.05. The van der Waals surface area contributed by atoms with Gasteiger partial charge in [-0.1, -0.05) is 48.5 Å². The lowest BCUT2D eigenvalue weighted by Crippen LogP contribution is -2.48. The van der Waals surface area contributed by atoms with Crippen LogP contribution < -0.4 is 10.1 Å². The zero-order valence-corrected chi connectivity index (χ0v) is 18.4. The first kappa shape index (κ1) is 23.1. The number of nitrogens with zero attached hydrogens (tertiary/aromatic N) is 1. The van der Waals surface area contributed by atoms with Crippen LogP contribution in [-0.4, -0.2) is 43.8 Å². The van der Waals surface area contributed by atoms with Gasteiger partial charge in [-0.25, -0.2) is 9.59 Å². The molecule has 7 heteroatoms. The maximum absolute atomic E-state index is 12.9. The molecule has 0 fully saturated rings. The Balaban J connectivity index is 1.88. The number of hydrogen-bond acceptors (Lipinski definition) is 5. The van der Waals surface area contributed by atoms with Crippen molar-refractivity contribution in [3.05, 3.63) is 89.6 Å². The van der Waals surface area contributed by atoms with E-state index >= 15 is 0 Å². The maximum Gasteiger partial charge on any atom is 0.338 e. The van der Waals surface area contributed by atoms with Crippen molar-refractivity contribution in [3.63, 3.8) is 0 Å². The molecule has 2 aromatic rings. The van der Waals surface area contributed by atoms with E-state index in [1.807, 2.05) is 54.6 Å². The molecule has 0 saturated heterocycles. The molecule has 168 valence electrons. The van der Waals surface area contributed by atoms with Crippen LogP contribution in [0.2, 0.25) is 0 Å². The number of ether oxygens (including phenoxy) is 3. The topological polar surface area (TPSA) is 77.1 Å². The Labute approximate surface area is 188 Å². The molecule has 7 nitrogen and oxygen atoms in total. The summed E-state index contributed by atoms with van der Waals surface area (Å²) in [5.74, 6) is 0.132. The lowest BCUT2D eigenvalue weighted by atomic mass is 9.94. The van der Waals surface area contributed by atoms with Crippen molar-refractivity contribution in [2.45, 2.75) is 19.6 Å². The SMILES string of the molecule is C=CCN1C(=O)NC(c2cccc(OCc3ccccc3)c2)C(C(=O)OCCOC)=C1C. The number of urea groups is 1. The fraction of sp³-hybridized carbons (Fsp3) is 0.280. The lowest BCUT2D eigenvalue weighted by Gasteiger charge is -2.35. The van der Waals surface area contributed by atoms with E-state index in [9.17, 15) is 9.59 Å². The number of allylic oxidation sites excluding steroid dienone is 1. The molecule has 2 amide bonds. The van der Waals surface area contributed by atoms with Gasteiger partial charge in [0.25, 0.3) is 0 Å². The zero-order chi connectivity index (χ0) is 22.9. The van der Waals surface area contributed by atoms with E-state index < -0.39 is 12.0 Å². The van der Waals surface area contributed by atoms with Gasteiger partial charge >= 0.3 is 12.0 Å². The molecule has 0 spiro atoms. The molecule has 1 heterocycles. The zero-order valence-electron chi connectivity index (χ0n) is 18.4. The first-order chi connectivity index (χ1) is 15.5. The van der Waals surface area contributed by atoms with Crippen molar-refractivity contribution in [2.75, 3.05) is 26.9 Å². The number of amides is 2. The summed E-state index contributed by atoms with van der Waals surface area (Å²) in [6.45, 7) is 6.52. The fourth-order valence-corrected chi connectivity index (χ4v) is 3.46. The van der Waals surface area contributed by atoms with Gasteiger partial charge in [-0.15, -0.1) is 6.58 Å². The number of methoxy groups -OCH3 is 1. The van der Waals surface area contributed by atoms with Gasteiger partial charge in [0, 0.05) is 19.4 Å². The highest BCUT2D eigenvalue weighted by Crippen LogP contribution is 2.33. The summed E-state index contributed by atoms with van der Waals surface area (Å²) in [6, 6.07) is 16.2. The molecule has 3 rings (SSSR count). The minimum atomic E-state index is -0.668. The van der Waals surface area contributed by atoms with Crippen LogP contribution in [0.15, 0.2) is 78.5 Å². The van der Waals surface area contributed by atoms with Gasteiger partial charge in [0.1, 0.15) is 19.0 Å². The monoisotopic (exact) mass is 436 g/mol. The number of esters is 1. The molecule has 1 aliphatic rings. The fourth-order valence-electron chi connectivity index (χ4n) is 3.46. The molecule has 0 radical (unpaired) electrons. The van der Waals surface area contributed by atoms with Crippen molar-refractivity contribution in [1.82, 2.24) is 10.2 Å². The van der Waals surface area contributed by atoms with Crippen LogP contribution in [0.4, 0.5) is 4.79 Å². The van der Waals surface area contributed by atoms with Gasteiger partial charge in [0.05, 0.1) is 18.2 Å². The van der Waals surface area contributed by atoms with Gasteiger partial charge in [-0.3, -0.25) is 4.90 Å². The average Bonchev–Trinajstić information content (AvgIpc) is 2.81. The van der Waals surface area contributed by atoms with E-state index in [0.29, 0.717) is 23.6 Å². The quantitative estimate of drug-likeness (QED) is 0.346. The molecule has 0 aliphatic carbocycles. The minimum absolute atomic E-state index is 0.120. The molecule has 0 aromatic heterocycles. The first-order valence-corrected chi connectivity index (χ1v) is 10.4. The normalized spacial score (nSPS) is 15.9. The number of benzene rings is 2. The van der Waals surface area contributed by atoms with Crippen LogP contribution in [0.1, 0.15) is 24.1 Å². The molecule has 0 saturated carbocycles. The Hall–Kier alpha value is -3.58. The van der Waals surface area contributed by atoms with Gasteiger partial charge in [0.2, 0.25) is 0 Å². The molecule has 1 atom stereocenters. The van der Waals surface area contributed by atoms with Gasteiger partial charge < -0.3 is 19.5 Å². The molecule has 0 bridgehead atoms. The van der Waals surface area contributed by atoms with Crippen molar-refractivity contribution < 1.29 is 23.8 Å². The van der Waals surface area contributed by atoms with E-state index in [-0.39, 0.29) is 25.8 Å². The van der Waals surface area contributed by atoms with E-state index in [1.165, 1.54) is 12.0 Å². The summed E-state index contributed by atoms with van der Waals surface area (Å²) in [4.78, 5) is 27.1. The molecule has 32 heavy (non-hydrogen) atoms. The van der Waals surface area contributed by atoms with Crippen LogP contribution in [0.25, 0.3) is 0 Å². The van der Waals surface area contributed by atoms with Crippen molar-refractivity contribution in [3.8, 4) is 5.75 Å². The van der Waals surface area contributed by atoms with Crippen molar-refractivity contribution in [2.24, 2.45) is 0 Å². The van der Waals surface area contributed by atoms with Crippen LogP contribution >= 0.6 is 0 Å². The Morgan fingerprint density at radius 2 is 1.94 bits per heavy atom. The summed E-state index contributed by atoms with van der Waals surface area (Å²) in [5, 5.41) is 2.91. The number of carbonyl (C=O) groups excluding carboxylic acids is 2. The second-order valence-corrected chi connectivity index (χ2v) is 7.26. The van der Waals surface area contributed by atoms with Gasteiger partial charge in [-0.2, -0.15) is 0 Å². The van der Waals surface area contributed by atoms with E-state index in [0.717, 1.165) is 11.1 Å². The van der Waals surface area contributed by atoms with Crippen LogP contribution in [0.3, 0.4) is 0 Å². The first-order valence-electron chi connectivity index (χ1n) is 10.4. The van der Waals surface area contributed by atoms with Crippen molar-refractivity contribution >= 4 is 12.0 Å². The summed E-state index contributed by atoms with van der Waals surface area (Å²) in [6.07, 6.45) is 1.61. The molecule has 2 aromatic carbocycles. The molecular formula is C25H28N2O5. The summed E-state index contributed by atoms with van der Waals surface area (Å²) in [5.41, 5.74) is 2.65. The number of nitrogens with one attached hydrogen (secondary N) is 1. The minimum Gasteiger partial charge on any atom is -0.489 e. The Morgan fingerprint density at radius 3 is 2.66 bits per heavy atom. The summed E-state index contributed by atoms with van der Waals surface area (Å²) in [7, 11) is 1.54. The van der Waals surface area contributed by atoms with Crippen molar-refractivity contribution in [1.29, 1.82) is 0 Å². The second kappa shape index (κ2) is 11.2. The highest BCUT2D eigenvalue weighted by molar-refractivity contribution is 5.95. The molecule has 1 unspecified atom stereocenters. The molecule has 1 aliphatic heterocycles. The third-order valence-corrected chi connectivity index (χ3v) is 5.09. The standard InChI is InChI=1S/C25H28N2O5/c1-4-13-27-18(2)22(24(28)31-15-14-30-3)23(26-25(27)29)20-11-8-12-21(16-20)32-17-19-9-6-5-7-10-19/h4-12,16,23H,1,13-15,17H2,2-3H3,(H,26,29). The predicted octanol–water partition coefficient (Wildman–Crippen LogP) is 3.98. The van der Waals surface area contributed by atoms with Crippen LogP contribution in [0.5, 0.6) is 5.75 Å². The van der Waals surface area contributed by atoms with E-state index in [1.54, 1.807) is 13.0 Å². The molecule has 1 N–H and O–H groups in total. The van der Waals surface area contributed by atoms with E-state index in [4.69, 9.17) is 14.2 Å². The average molecular weight is 437 g/mol. The highest BCUT2D eigenvalue weighted by Gasteiger charge is 2.36. The van der Waals surface area contributed by atoms with E-state index in [2.05, 4.69) is 11.9 Å². The highest BCUT2D eigenvalue weighted by atomic mass is 16.6. The van der Waals surface area contributed by atoms with Crippen LogP contribution in [0, 0.1) is 0 Å². The molecular weight excluding hydrogens is 408 g/mol. The second-order valence-electron chi connectivity index (χ2n) is 7.26. The Bertz CT molecular complexity index is 987. The van der Waals surface area contributed by atoms with Gasteiger partial charge in [0.15, 0.2) is 0 Å². The Morgan fingerprint density at radius 1 is 1.16 bits per heavy atom. The smallest absolute Gasteiger partial charge is 0.338 e. The third-order valence-electron chi connectivity index (χ3n) is 5.09. The van der Waals surface area contributed by atoms with Gasteiger partial charge in [-0.05, 0) is 30.2 Å². The third kappa shape index (κ3) is 5.56. The predicted molar refractivity (Wildman–Crippen MR) is 121 cm³/mol. The number of rotatable bonds is 10. The number of hydrogen-bond donors (Lipinski definition) is 1.